The Labute approximate surface area is 161 Å². The van der Waals surface area contributed by atoms with E-state index >= 15 is 0 Å². The van der Waals surface area contributed by atoms with E-state index in [2.05, 4.69) is 20.6 Å². The van der Waals surface area contributed by atoms with Crippen LogP contribution in [0.1, 0.15) is 27.4 Å². The number of nitrogens with zero attached hydrogens (tertiary/aromatic N) is 2. The van der Waals surface area contributed by atoms with Crippen LogP contribution in [0.4, 0.5) is 15.9 Å². The van der Waals surface area contributed by atoms with E-state index in [9.17, 15) is 9.18 Å². The summed E-state index contributed by atoms with van der Waals surface area (Å²) >= 11 is 5.94. The van der Waals surface area contributed by atoms with Crippen molar-refractivity contribution in [2.45, 2.75) is 20.4 Å². The average Bonchev–Trinajstić information content (AvgIpc) is 2.63. The van der Waals surface area contributed by atoms with Gasteiger partial charge in [-0.3, -0.25) is 4.79 Å². The number of hydrogen-bond acceptors (Lipinski definition) is 4. The lowest BCUT2D eigenvalue weighted by atomic mass is 10.2. The maximum Gasteiger partial charge on any atom is 0.274 e. The van der Waals surface area contributed by atoms with Gasteiger partial charge in [-0.15, -0.1) is 0 Å². The smallest absolute Gasteiger partial charge is 0.274 e. The van der Waals surface area contributed by atoms with Crippen LogP contribution in [0.5, 0.6) is 0 Å². The first-order valence-corrected chi connectivity index (χ1v) is 8.70. The molecule has 1 aromatic heterocycles. The maximum absolute atomic E-state index is 13.0. The summed E-state index contributed by atoms with van der Waals surface area (Å²) < 4.78 is 13.0. The van der Waals surface area contributed by atoms with Gasteiger partial charge in [0.05, 0.1) is 0 Å². The summed E-state index contributed by atoms with van der Waals surface area (Å²) in [5.74, 6) is 0.366. The van der Waals surface area contributed by atoms with Crippen LogP contribution in [0.2, 0.25) is 5.02 Å². The van der Waals surface area contributed by atoms with Crippen LogP contribution >= 0.6 is 11.6 Å². The molecule has 3 rings (SSSR count). The number of rotatable bonds is 5. The molecule has 7 heteroatoms. The van der Waals surface area contributed by atoms with E-state index in [0.29, 0.717) is 28.9 Å². The van der Waals surface area contributed by atoms with Crippen LogP contribution < -0.4 is 10.6 Å². The predicted octanol–water partition coefficient (Wildman–Crippen LogP) is 4.75. The highest BCUT2D eigenvalue weighted by Gasteiger charge is 2.12. The number of anilines is 2. The molecule has 3 aromatic rings. The van der Waals surface area contributed by atoms with E-state index < -0.39 is 0 Å². The molecule has 0 spiro atoms. The number of amides is 1. The molecule has 0 aliphatic carbocycles. The van der Waals surface area contributed by atoms with E-state index in [0.717, 1.165) is 11.1 Å². The van der Waals surface area contributed by atoms with E-state index in [1.54, 1.807) is 43.3 Å². The number of hydrogen-bond donors (Lipinski definition) is 2. The minimum Gasteiger partial charge on any atom is -0.366 e. The van der Waals surface area contributed by atoms with Gasteiger partial charge in [0.25, 0.3) is 5.91 Å². The van der Waals surface area contributed by atoms with Crippen molar-refractivity contribution in [1.82, 2.24) is 9.97 Å². The molecule has 0 radical (unpaired) electrons. The van der Waals surface area contributed by atoms with Gasteiger partial charge in [-0.25, -0.2) is 14.4 Å². The molecule has 138 valence electrons. The van der Waals surface area contributed by atoms with Crippen molar-refractivity contribution in [2.24, 2.45) is 0 Å². The second-order valence-corrected chi connectivity index (χ2v) is 6.52. The minimum atomic E-state index is -0.337. The van der Waals surface area contributed by atoms with Crippen molar-refractivity contribution in [1.29, 1.82) is 0 Å². The van der Waals surface area contributed by atoms with Gasteiger partial charge in [0, 0.05) is 23.3 Å². The van der Waals surface area contributed by atoms with E-state index in [-0.39, 0.29) is 17.4 Å². The molecule has 2 aromatic carbocycles. The molecule has 27 heavy (non-hydrogen) atoms. The van der Waals surface area contributed by atoms with Gasteiger partial charge in [-0.2, -0.15) is 0 Å². The van der Waals surface area contributed by atoms with Crippen molar-refractivity contribution >= 4 is 29.0 Å². The highest BCUT2D eigenvalue weighted by Crippen LogP contribution is 2.20. The number of aromatic nitrogens is 2. The van der Waals surface area contributed by atoms with Crippen LogP contribution in [0.3, 0.4) is 0 Å². The Kier molecular flexibility index (Phi) is 5.66. The zero-order chi connectivity index (χ0) is 19.4. The molecule has 2 N–H and O–H groups in total. The fourth-order valence-electron chi connectivity index (χ4n) is 2.52. The lowest BCUT2D eigenvalue weighted by Gasteiger charge is -2.11. The molecule has 0 atom stereocenters. The SMILES string of the molecule is Cc1nc(NCc2ccc(F)cc2)cc(C(=O)Nc2ccc(Cl)cc2C)n1. The third-order valence-corrected chi connectivity index (χ3v) is 4.13. The second-order valence-electron chi connectivity index (χ2n) is 6.08. The van der Waals surface area contributed by atoms with Gasteiger partial charge in [-0.1, -0.05) is 23.7 Å². The molecule has 1 heterocycles. The number of aryl methyl sites for hydroxylation is 2. The van der Waals surface area contributed by atoms with Crippen LogP contribution in [0, 0.1) is 19.7 Å². The quantitative estimate of drug-likeness (QED) is 0.666. The third-order valence-electron chi connectivity index (χ3n) is 3.89. The van der Waals surface area contributed by atoms with Crippen molar-refractivity contribution in [3.63, 3.8) is 0 Å². The molecule has 0 fully saturated rings. The number of carbonyl (C=O) groups excluding carboxylic acids is 1. The summed E-state index contributed by atoms with van der Waals surface area (Å²) in [4.78, 5) is 21.1. The van der Waals surface area contributed by atoms with Gasteiger partial charge >= 0.3 is 0 Å². The first kappa shape index (κ1) is 18.8. The monoisotopic (exact) mass is 384 g/mol. The Morgan fingerprint density at radius 2 is 1.81 bits per heavy atom. The third kappa shape index (κ3) is 5.01. The van der Waals surface area contributed by atoms with Gasteiger partial charge < -0.3 is 10.6 Å². The number of benzene rings is 2. The Morgan fingerprint density at radius 1 is 1.07 bits per heavy atom. The molecule has 1 amide bonds. The lowest BCUT2D eigenvalue weighted by molar-refractivity contribution is 0.102. The first-order chi connectivity index (χ1) is 12.9. The zero-order valence-electron chi connectivity index (χ0n) is 14.9. The molecule has 0 aliphatic heterocycles. The lowest BCUT2D eigenvalue weighted by Crippen LogP contribution is -2.16. The fraction of sp³-hybridized carbons (Fsp3) is 0.150. The molecule has 0 saturated heterocycles. The summed E-state index contributed by atoms with van der Waals surface area (Å²) in [6, 6.07) is 13.0. The van der Waals surface area contributed by atoms with Crippen molar-refractivity contribution < 1.29 is 9.18 Å². The first-order valence-electron chi connectivity index (χ1n) is 8.32. The van der Waals surface area contributed by atoms with Crippen molar-refractivity contribution in [3.8, 4) is 0 Å². The summed E-state index contributed by atoms with van der Waals surface area (Å²) in [5, 5.41) is 6.57. The number of carbonyl (C=O) groups is 1. The number of nitrogens with one attached hydrogen (secondary N) is 2. The average molecular weight is 385 g/mol. The molecule has 0 bridgehead atoms. The zero-order valence-corrected chi connectivity index (χ0v) is 15.6. The van der Waals surface area contributed by atoms with Crippen LogP contribution in [-0.4, -0.2) is 15.9 Å². The summed E-state index contributed by atoms with van der Waals surface area (Å²) in [5.41, 5.74) is 2.67. The van der Waals surface area contributed by atoms with E-state index in [4.69, 9.17) is 11.6 Å². The minimum absolute atomic E-state index is 0.249. The molecule has 0 aliphatic rings. The fourth-order valence-corrected chi connectivity index (χ4v) is 2.75. The largest absolute Gasteiger partial charge is 0.366 e. The molecular formula is C20H18ClFN4O. The standard InChI is InChI=1S/C20H18ClFN4O/c1-12-9-15(21)5-8-17(12)26-20(27)18-10-19(25-13(2)24-18)23-11-14-3-6-16(22)7-4-14/h3-10H,11H2,1-2H3,(H,26,27)(H,23,24,25). The normalized spacial score (nSPS) is 10.5. The molecule has 0 saturated carbocycles. The summed E-state index contributed by atoms with van der Waals surface area (Å²) in [6.45, 7) is 4.03. The topological polar surface area (TPSA) is 66.9 Å². The van der Waals surface area contributed by atoms with Crippen molar-refractivity contribution in [2.75, 3.05) is 10.6 Å². The predicted molar refractivity (Wildman–Crippen MR) is 105 cm³/mol. The second kappa shape index (κ2) is 8.14. The van der Waals surface area contributed by atoms with Crippen LogP contribution in [0.25, 0.3) is 0 Å². The molecule has 5 nitrogen and oxygen atoms in total. The highest BCUT2D eigenvalue weighted by atomic mass is 35.5. The van der Waals surface area contributed by atoms with Crippen molar-refractivity contribution in [3.05, 3.63) is 82.0 Å². The van der Waals surface area contributed by atoms with Crippen LogP contribution in [-0.2, 0) is 6.54 Å². The summed E-state index contributed by atoms with van der Waals surface area (Å²) in [7, 11) is 0. The van der Waals surface area contributed by atoms with Crippen LogP contribution in [0.15, 0.2) is 48.5 Å². The van der Waals surface area contributed by atoms with Gasteiger partial charge in [0.15, 0.2) is 0 Å². The van der Waals surface area contributed by atoms with E-state index in [1.165, 1.54) is 12.1 Å². The van der Waals surface area contributed by atoms with Gasteiger partial charge in [0.2, 0.25) is 0 Å². The maximum atomic E-state index is 13.0. The summed E-state index contributed by atoms with van der Waals surface area (Å²) in [6.07, 6.45) is 0. The van der Waals surface area contributed by atoms with Gasteiger partial charge in [-0.05, 0) is 55.3 Å². The Morgan fingerprint density at radius 3 is 2.52 bits per heavy atom. The Balaban J connectivity index is 1.73. The molecular weight excluding hydrogens is 367 g/mol. The van der Waals surface area contributed by atoms with E-state index in [1.807, 2.05) is 6.92 Å². The number of halogens is 2. The Bertz CT molecular complexity index is 976. The highest BCUT2D eigenvalue weighted by molar-refractivity contribution is 6.30. The Hall–Kier alpha value is -2.99. The van der Waals surface area contributed by atoms with Gasteiger partial charge in [0.1, 0.15) is 23.2 Å². The molecule has 0 unspecified atom stereocenters.